The van der Waals surface area contributed by atoms with Gasteiger partial charge >= 0.3 is 0 Å². The highest BCUT2D eigenvalue weighted by Crippen LogP contribution is 2.10. The van der Waals surface area contributed by atoms with Crippen molar-refractivity contribution < 1.29 is 17.8 Å². The molecular formula is C11H12F2O2S. The first kappa shape index (κ1) is 13.0. The second-order valence-corrected chi connectivity index (χ2v) is 4.91. The van der Waals surface area contributed by atoms with Gasteiger partial charge in [0.05, 0.1) is 11.3 Å². The highest BCUT2D eigenvalue weighted by Gasteiger charge is 2.14. The number of carbonyl (C=O) groups is 1. The topological polar surface area (TPSA) is 34.1 Å². The van der Waals surface area contributed by atoms with Crippen molar-refractivity contribution in [3.8, 4) is 0 Å². The zero-order valence-electron chi connectivity index (χ0n) is 8.83. The maximum atomic E-state index is 13.2. The zero-order valence-corrected chi connectivity index (χ0v) is 9.65. The third-order valence-electron chi connectivity index (χ3n) is 1.96. The van der Waals surface area contributed by atoms with E-state index in [0.717, 1.165) is 12.1 Å². The van der Waals surface area contributed by atoms with Crippen molar-refractivity contribution in [2.45, 2.75) is 13.3 Å². The van der Waals surface area contributed by atoms with Crippen molar-refractivity contribution in [3.05, 3.63) is 35.4 Å². The fourth-order valence-electron chi connectivity index (χ4n) is 1.24. The van der Waals surface area contributed by atoms with Crippen LogP contribution in [-0.2, 0) is 10.8 Å². The molecule has 0 aliphatic carbocycles. The van der Waals surface area contributed by atoms with Gasteiger partial charge in [0.25, 0.3) is 0 Å². The van der Waals surface area contributed by atoms with Crippen LogP contribution in [0.1, 0.15) is 23.7 Å². The molecule has 1 aromatic carbocycles. The zero-order chi connectivity index (χ0) is 12.1. The van der Waals surface area contributed by atoms with Gasteiger partial charge in [0.15, 0.2) is 5.78 Å². The van der Waals surface area contributed by atoms with Gasteiger partial charge in [-0.3, -0.25) is 9.00 Å². The second kappa shape index (κ2) is 5.84. The molecular weight excluding hydrogens is 234 g/mol. The van der Waals surface area contributed by atoms with E-state index in [9.17, 15) is 17.8 Å². The Bertz CT molecular complexity index is 418. The normalized spacial score (nSPS) is 12.4. The van der Waals surface area contributed by atoms with E-state index in [0.29, 0.717) is 18.2 Å². The minimum atomic E-state index is -1.27. The Morgan fingerprint density at radius 1 is 1.38 bits per heavy atom. The fraction of sp³-hybridized carbons (Fsp3) is 0.364. The Kier molecular flexibility index (Phi) is 4.73. The van der Waals surface area contributed by atoms with Crippen LogP contribution in [0.2, 0.25) is 0 Å². The predicted octanol–water partition coefficient (Wildman–Crippen LogP) is 2.31. The average molecular weight is 246 g/mol. The standard InChI is InChI=1S/C11H12F2O2S/c1-2-5-16(15)7-11(14)9-4-3-8(12)6-10(9)13/h3-4,6H,2,5,7H2,1H3. The van der Waals surface area contributed by atoms with Crippen LogP contribution in [0.4, 0.5) is 8.78 Å². The second-order valence-electron chi connectivity index (χ2n) is 3.34. The number of rotatable bonds is 5. The molecule has 1 atom stereocenters. The van der Waals surface area contributed by atoms with E-state index in [2.05, 4.69) is 0 Å². The van der Waals surface area contributed by atoms with Gasteiger partial charge in [0.2, 0.25) is 0 Å². The van der Waals surface area contributed by atoms with E-state index < -0.39 is 28.2 Å². The summed E-state index contributed by atoms with van der Waals surface area (Å²) in [5.41, 5.74) is -0.203. The van der Waals surface area contributed by atoms with Crippen LogP contribution >= 0.6 is 0 Å². The minimum Gasteiger partial charge on any atom is -0.293 e. The summed E-state index contributed by atoms with van der Waals surface area (Å²) in [5, 5.41) is 0. The molecule has 0 aliphatic heterocycles. The summed E-state index contributed by atoms with van der Waals surface area (Å²) in [6, 6.07) is 2.74. The number of ketones is 1. The van der Waals surface area contributed by atoms with Crippen LogP contribution in [0.5, 0.6) is 0 Å². The number of Topliss-reactive ketones (excluding diaryl/α,β-unsaturated/α-hetero) is 1. The lowest BCUT2D eigenvalue weighted by Crippen LogP contribution is -2.14. The molecule has 0 saturated heterocycles. The van der Waals surface area contributed by atoms with E-state index >= 15 is 0 Å². The molecule has 2 nitrogen and oxygen atoms in total. The summed E-state index contributed by atoms with van der Waals surface area (Å²) in [5.74, 6) is -1.99. The van der Waals surface area contributed by atoms with E-state index in [1.165, 1.54) is 0 Å². The van der Waals surface area contributed by atoms with Crippen LogP contribution in [0.15, 0.2) is 18.2 Å². The van der Waals surface area contributed by atoms with Crippen LogP contribution in [0, 0.1) is 11.6 Å². The van der Waals surface area contributed by atoms with Gasteiger partial charge in [-0.1, -0.05) is 6.92 Å². The van der Waals surface area contributed by atoms with E-state index in [1.54, 1.807) is 0 Å². The number of hydrogen-bond acceptors (Lipinski definition) is 2. The SMILES string of the molecule is CCCS(=O)CC(=O)c1ccc(F)cc1F. The number of carbonyl (C=O) groups excluding carboxylic acids is 1. The van der Waals surface area contributed by atoms with Gasteiger partial charge < -0.3 is 0 Å². The average Bonchev–Trinajstić information content (AvgIpc) is 2.17. The molecule has 0 aromatic heterocycles. The third-order valence-corrected chi connectivity index (χ3v) is 3.40. The van der Waals surface area contributed by atoms with E-state index in [4.69, 9.17) is 0 Å². The number of halogens is 2. The lowest BCUT2D eigenvalue weighted by atomic mass is 10.1. The Labute approximate surface area is 95.1 Å². The lowest BCUT2D eigenvalue weighted by molar-refractivity contribution is 0.101. The summed E-state index contributed by atoms with van der Waals surface area (Å²) in [6.07, 6.45) is 0.700. The van der Waals surface area contributed by atoms with Crippen molar-refractivity contribution >= 4 is 16.6 Å². The molecule has 1 aromatic rings. The van der Waals surface area contributed by atoms with Crippen molar-refractivity contribution in [1.82, 2.24) is 0 Å². The predicted molar refractivity (Wildman–Crippen MR) is 58.9 cm³/mol. The quantitative estimate of drug-likeness (QED) is 0.747. The fourth-order valence-corrected chi connectivity index (χ4v) is 2.29. The van der Waals surface area contributed by atoms with Crippen molar-refractivity contribution in [2.24, 2.45) is 0 Å². The molecule has 0 saturated carbocycles. The van der Waals surface area contributed by atoms with Crippen LogP contribution in [0.25, 0.3) is 0 Å². The molecule has 16 heavy (non-hydrogen) atoms. The molecule has 0 heterocycles. The Morgan fingerprint density at radius 2 is 2.06 bits per heavy atom. The van der Waals surface area contributed by atoms with Crippen molar-refractivity contribution in [1.29, 1.82) is 0 Å². The molecule has 0 spiro atoms. The first-order chi connectivity index (χ1) is 7.54. The lowest BCUT2D eigenvalue weighted by Gasteiger charge is -2.02. The molecule has 0 bridgehead atoms. The van der Waals surface area contributed by atoms with Gasteiger partial charge in [-0.2, -0.15) is 0 Å². The van der Waals surface area contributed by atoms with Gasteiger partial charge in [-0.15, -0.1) is 0 Å². The van der Waals surface area contributed by atoms with Gasteiger partial charge in [-0.25, -0.2) is 8.78 Å². The van der Waals surface area contributed by atoms with E-state index in [1.807, 2.05) is 6.92 Å². The molecule has 0 amide bonds. The summed E-state index contributed by atoms with van der Waals surface area (Å²) < 4.78 is 37.1. The summed E-state index contributed by atoms with van der Waals surface area (Å²) in [6.45, 7) is 1.85. The van der Waals surface area contributed by atoms with Crippen molar-refractivity contribution in [3.63, 3.8) is 0 Å². The molecule has 0 N–H and O–H groups in total. The maximum Gasteiger partial charge on any atom is 0.178 e. The van der Waals surface area contributed by atoms with Gasteiger partial charge in [0, 0.05) is 22.6 Å². The molecule has 0 radical (unpaired) electrons. The summed E-state index contributed by atoms with van der Waals surface area (Å²) >= 11 is 0. The minimum absolute atomic E-state index is 0.203. The highest BCUT2D eigenvalue weighted by molar-refractivity contribution is 7.85. The van der Waals surface area contributed by atoms with Crippen LogP contribution in [0.3, 0.4) is 0 Å². The Balaban J connectivity index is 2.77. The van der Waals surface area contributed by atoms with Gasteiger partial charge in [0.1, 0.15) is 11.6 Å². The van der Waals surface area contributed by atoms with Crippen molar-refractivity contribution in [2.75, 3.05) is 11.5 Å². The summed E-state index contributed by atoms with van der Waals surface area (Å²) in [7, 11) is -1.27. The Hall–Kier alpha value is -1.10. The first-order valence-electron chi connectivity index (χ1n) is 4.87. The monoisotopic (exact) mass is 246 g/mol. The molecule has 5 heteroatoms. The van der Waals surface area contributed by atoms with E-state index in [-0.39, 0.29) is 11.3 Å². The number of benzene rings is 1. The molecule has 1 unspecified atom stereocenters. The van der Waals surface area contributed by atoms with Crippen LogP contribution < -0.4 is 0 Å². The highest BCUT2D eigenvalue weighted by atomic mass is 32.2. The summed E-state index contributed by atoms with van der Waals surface area (Å²) in [4.78, 5) is 11.5. The largest absolute Gasteiger partial charge is 0.293 e. The Morgan fingerprint density at radius 3 is 2.62 bits per heavy atom. The van der Waals surface area contributed by atoms with Crippen LogP contribution in [-0.4, -0.2) is 21.5 Å². The molecule has 0 aliphatic rings. The first-order valence-corrected chi connectivity index (χ1v) is 6.36. The maximum absolute atomic E-state index is 13.2. The smallest absolute Gasteiger partial charge is 0.178 e. The van der Waals surface area contributed by atoms with Gasteiger partial charge in [-0.05, 0) is 18.6 Å². The molecule has 1 rings (SSSR count). The number of hydrogen-bond donors (Lipinski definition) is 0. The third kappa shape index (κ3) is 3.48. The molecule has 88 valence electrons. The molecule has 0 fully saturated rings.